The van der Waals surface area contributed by atoms with Crippen molar-refractivity contribution < 1.29 is 22.7 Å². The molecule has 0 spiro atoms. The molecule has 0 saturated carbocycles. The molecule has 0 fully saturated rings. The van der Waals surface area contributed by atoms with Crippen molar-refractivity contribution in [2.24, 2.45) is 5.92 Å². The first-order valence-electron chi connectivity index (χ1n) is 5.67. The first-order valence-corrected chi connectivity index (χ1v) is 5.67. The van der Waals surface area contributed by atoms with Crippen molar-refractivity contribution in [1.82, 2.24) is 0 Å². The molecule has 1 aromatic carbocycles. The number of halogens is 3. The summed E-state index contributed by atoms with van der Waals surface area (Å²) in [4.78, 5) is 11.4. The molecule has 2 nitrogen and oxygen atoms in total. The number of ether oxygens (including phenoxy) is 1. The van der Waals surface area contributed by atoms with Gasteiger partial charge in [-0.25, -0.2) is 8.78 Å². The predicted octanol–water partition coefficient (Wildman–Crippen LogP) is 3.75. The van der Waals surface area contributed by atoms with Crippen molar-refractivity contribution in [2.45, 2.75) is 33.6 Å². The van der Waals surface area contributed by atoms with Crippen LogP contribution in [0.4, 0.5) is 13.2 Å². The van der Waals surface area contributed by atoms with Gasteiger partial charge in [0.05, 0.1) is 0 Å². The summed E-state index contributed by atoms with van der Waals surface area (Å²) >= 11 is 0. The minimum Gasteiger partial charge on any atom is -0.420 e. The highest BCUT2D eigenvalue weighted by Gasteiger charge is 2.21. The minimum atomic E-state index is -1.48. The maximum absolute atomic E-state index is 13.5. The predicted molar refractivity (Wildman–Crippen MR) is 60.8 cm³/mol. The Balaban J connectivity index is 2.87. The quantitative estimate of drug-likeness (QED) is 0.468. The number of carbonyl (C=O) groups excluding carboxylic acids is 1. The number of carbonyl (C=O) groups is 1. The molecule has 0 aromatic heterocycles. The fourth-order valence-corrected chi connectivity index (χ4v) is 1.36. The minimum absolute atomic E-state index is 0.0338. The molecule has 18 heavy (non-hydrogen) atoms. The summed E-state index contributed by atoms with van der Waals surface area (Å²) in [7, 11) is 0. The van der Waals surface area contributed by atoms with Gasteiger partial charge in [-0.2, -0.15) is 4.39 Å². The summed E-state index contributed by atoms with van der Waals surface area (Å²) in [6, 6.07) is 0.718. The van der Waals surface area contributed by atoms with Gasteiger partial charge in [-0.1, -0.05) is 13.8 Å². The highest BCUT2D eigenvalue weighted by molar-refractivity contribution is 5.72. The van der Waals surface area contributed by atoms with Crippen molar-refractivity contribution >= 4 is 5.97 Å². The van der Waals surface area contributed by atoms with E-state index in [1.54, 1.807) is 0 Å². The molecule has 0 aliphatic carbocycles. The van der Waals surface area contributed by atoms with Gasteiger partial charge >= 0.3 is 5.97 Å². The molecule has 0 heterocycles. The Labute approximate surface area is 104 Å². The lowest BCUT2D eigenvalue weighted by Crippen LogP contribution is -2.12. The van der Waals surface area contributed by atoms with Crippen LogP contribution in [0, 0.1) is 30.3 Å². The Morgan fingerprint density at radius 1 is 1.28 bits per heavy atom. The zero-order chi connectivity index (χ0) is 13.9. The molecule has 0 atom stereocenters. The third kappa shape index (κ3) is 3.48. The normalized spacial score (nSPS) is 10.8. The molecule has 0 aliphatic rings. The molecule has 5 heteroatoms. The van der Waals surface area contributed by atoms with Crippen LogP contribution in [0.1, 0.15) is 32.3 Å². The van der Waals surface area contributed by atoms with Crippen LogP contribution in [0.3, 0.4) is 0 Å². The molecule has 1 rings (SSSR count). The maximum atomic E-state index is 13.5. The van der Waals surface area contributed by atoms with E-state index in [4.69, 9.17) is 0 Å². The average molecular weight is 260 g/mol. The molecule has 0 aliphatic heterocycles. The van der Waals surface area contributed by atoms with Gasteiger partial charge in [0.15, 0.2) is 11.6 Å². The summed E-state index contributed by atoms with van der Waals surface area (Å²) in [5.41, 5.74) is -0.111. The van der Waals surface area contributed by atoms with Crippen molar-refractivity contribution in [1.29, 1.82) is 0 Å². The number of esters is 1. The van der Waals surface area contributed by atoms with Crippen molar-refractivity contribution in [3.05, 3.63) is 29.1 Å². The lowest BCUT2D eigenvalue weighted by atomic mass is 10.1. The van der Waals surface area contributed by atoms with Crippen LogP contribution in [-0.4, -0.2) is 5.97 Å². The summed E-state index contributed by atoms with van der Waals surface area (Å²) in [5, 5.41) is 0. The molecule has 0 saturated heterocycles. The molecular formula is C13H15F3O2. The van der Waals surface area contributed by atoms with Crippen LogP contribution >= 0.6 is 0 Å². The second-order valence-corrected chi connectivity index (χ2v) is 4.54. The van der Waals surface area contributed by atoms with Gasteiger partial charge < -0.3 is 4.74 Å². The van der Waals surface area contributed by atoms with Crippen LogP contribution in [0.5, 0.6) is 5.75 Å². The van der Waals surface area contributed by atoms with Crippen molar-refractivity contribution in [3.8, 4) is 5.75 Å². The molecule has 1 aromatic rings. The zero-order valence-electron chi connectivity index (χ0n) is 10.5. The number of hydrogen-bond acceptors (Lipinski definition) is 2. The second kappa shape index (κ2) is 5.89. The first-order chi connectivity index (χ1) is 8.32. The van der Waals surface area contributed by atoms with Gasteiger partial charge in [-0.05, 0) is 30.9 Å². The third-order valence-electron chi connectivity index (χ3n) is 2.44. The van der Waals surface area contributed by atoms with E-state index in [9.17, 15) is 18.0 Å². The Bertz CT molecular complexity index is 430. The zero-order valence-corrected chi connectivity index (χ0v) is 10.5. The number of rotatable bonds is 4. The first kappa shape index (κ1) is 14.5. The van der Waals surface area contributed by atoms with E-state index in [2.05, 4.69) is 4.74 Å². The lowest BCUT2D eigenvalue weighted by Gasteiger charge is -2.09. The van der Waals surface area contributed by atoms with Gasteiger partial charge in [0, 0.05) is 6.42 Å². The van der Waals surface area contributed by atoms with E-state index < -0.39 is 29.2 Å². The second-order valence-electron chi connectivity index (χ2n) is 4.54. The Hall–Kier alpha value is -1.52. The largest absolute Gasteiger partial charge is 0.420 e. The Kier molecular flexibility index (Phi) is 4.76. The monoisotopic (exact) mass is 260 g/mol. The molecule has 0 bridgehead atoms. The molecule has 0 radical (unpaired) electrons. The van der Waals surface area contributed by atoms with Crippen LogP contribution in [-0.2, 0) is 4.79 Å². The smallest absolute Gasteiger partial charge is 0.311 e. The fourth-order valence-electron chi connectivity index (χ4n) is 1.36. The van der Waals surface area contributed by atoms with Crippen LogP contribution in [0.25, 0.3) is 0 Å². The van der Waals surface area contributed by atoms with Gasteiger partial charge in [0.1, 0.15) is 0 Å². The highest BCUT2D eigenvalue weighted by atomic mass is 19.2. The fraction of sp³-hybridized carbons (Fsp3) is 0.462. The number of aryl methyl sites for hydroxylation is 1. The van der Waals surface area contributed by atoms with E-state index >= 15 is 0 Å². The average Bonchev–Trinajstić information content (AvgIpc) is 2.29. The van der Waals surface area contributed by atoms with E-state index in [-0.39, 0.29) is 17.9 Å². The van der Waals surface area contributed by atoms with E-state index in [0.717, 1.165) is 6.07 Å². The third-order valence-corrected chi connectivity index (χ3v) is 2.44. The van der Waals surface area contributed by atoms with E-state index in [0.29, 0.717) is 6.42 Å². The SMILES string of the molecule is Cc1cc(F)c(F)c(OC(=O)CCC(C)C)c1F. The summed E-state index contributed by atoms with van der Waals surface area (Å²) in [6.07, 6.45) is 0.572. The van der Waals surface area contributed by atoms with Gasteiger partial charge in [0.25, 0.3) is 0 Å². The molecule has 100 valence electrons. The highest BCUT2D eigenvalue weighted by Crippen LogP contribution is 2.27. The molecule has 0 N–H and O–H groups in total. The maximum Gasteiger partial charge on any atom is 0.311 e. The topological polar surface area (TPSA) is 26.3 Å². The Morgan fingerprint density at radius 2 is 1.89 bits per heavy atom. The number of benzene rings is 1. The lowest BCUT2D eigenvalue weighted by molar-refractivity contribution is -0.135. The van der Waals surface area contributed by atoms with Crippen LogP contribution < -0.4 is 4.74 Å². The van der Waals surface area contributed by atoms with Crippen molar-refractivity contribution in [2.75, 3.05) is 0 Å². The Morgan fingerprint density at radius 3 is 2.44 bits per heavy atom. The number of hydrogen-bond donors (Lipinski definition) is 0. The van der Waals surface area contributed by atoms with Gasteiger partial charge in [-0.15, -0.1) is 0 Å². The van der Waals surface area contributed by atoms with Crippen LogP contribution in [0.2, 0.25) is 0 Å². The van der Waals surface area contributed by atoms with E-state index in [1.807, 2.05) is 13.8 Å². The molecule has 0 unspecified atom stereocenters. The molecule has 0 amide bonds. The van der Waals surface area contributed by atoms with Gasteiger partial charge in [-0.3, -0.25) is 4.79 Å². The van der Waals surface area contributed by atoms with Crippen molar-refractivity contribution in [3.63, 3.8) is 0 Å². The summed E-state index contributed by atoms with van der Waals surface area (Å²) < 4.78 is 44.4. The summed E-state index contributed by atoms with van der Waals surface area (Å²) in [6.45, 7) is 5.07. The summed E-state index contributed by atoms with van der Waals surface area (Å²) in [5.74, 6) is -5.22. The molecular weight excluding hydrogens is 245 g/mol. The van der Waals surface area contributed by atoms with E-state index in [1.165, 1.54) is 6.92 Å². The van der Waals surface area contributed by atoms with Gasteiger partial charge in [0.2, 0.25) is 11.6 Å². The standard InChI is InChI=1S/C13H15F3O2/c1-7(2)4-5-10(17)18-13-11(15)8(3)6-9(14)12(13)16/h6-7H,4-5H2,1-3H3. The van der Waals surface area contributed by atoms with Crippen LogP contribution in [0.15, 0.2) is 6.07 Å².